The van der Waals surface area contributed by atoms with Gasteiger partial charge < -0.3 is 0 Å². The van der Waals surface area contributed by atoms with Gasteiger partial charge in [-0.1, -0.05) is 36.4 Å². The molecular weight excluding hydrogens is 284 g/mol. The zero-order valence-corrected chi connectivity index (χ0v) is 11.4. The Morgan fingerprint density at radius 1 is 0.789 bits per heavy atom. The van der Waals surface area contributed by atoms with E-state index in [2.05, 4.69) is 0 Å². The SMILES string of the molecule is Cl.O=S(=O)(O)c1cccc2cc3ccccc3cc12. The van der Waals surface area contributed by atoms with Gasteiger partial charge in [-0.2, -0.15) is 8.42 Å². The van der Waals surface area contributed by atoms with E-state index in [4.69, 9.17) is 0 Å². The lowest BCUT2D eigenvalue weighted by Crippen LogP contribution is -1.98. The van der Waals surface area contributed by atoms with Crippen molar-refractivity contribution in [1.82, 2.24) is 0 Å². The van der Waals surface area contributed by atoms with Crippen LogP contribution in [0.1, 0.15) is 0 Å². The summed E-state index contributed by atoms with van der Waals surface area (Å²) in [6.45, 7) is 0. The Balaban J connectivity index is 0.00000133. The molecule has 3 aromatic rings. The van der Waals surface area contributed by atoms with Crippen molar-refractivity contribution >= 4 is 44.1 Å². The lowest BCUT2D eigenvalue weighted by molar-refractivity contribution is 0.484. The van der Waals surface area contributed by atoms with Gasteiger partial charge in [-0.3, -0.25) is 4.55 Å². The Kier molecular flexibility index (Phi) is 3.49. The predicted molar refractivity (Wildman–Crippen MR) is 78.5 cm³/mol. The van der Waals surface area contributed by atoms with Crippen LogP contribution in [0.15, 0.2) is 59.5 Å². The maximum absolute atomic E-state index is 11.3. The van der Waals surface area contributed by atoms with Crippen molar-refractivity contribution in [2.24, 2.45) is 0 Å². The number of benzene rings is 3. The zero-order chi connectivity index (χ0) is 12.8. The molecule has 98 valence electrons. The van der Waals surface area contributed by atoms with Gasteiger partial charge in [-0.25, -0.2) is 0 Å². The van der Waals surface area contributed by atoms with Gasteiger partial charge in [0.25, 0.3) is 10.1 Å². The predicted octanol–water partition coefficient (Wildman–Crippen LogP) is 3.66. The first-order chi connectivity index (χ1) is 8.55. The van der Waals surface area contributed by atoms with Gasteiger partial charge in [0.15, 0.2) is 0 Å². The van der Waals surface area contributed by atoms with Crippen LogP contribution < -0.4 is 0 Å². The topological polar surface area (TPSA) is 54.4 Å². The third-order valence-corrected chi connectivity index (χ3v) is 3.90. The van der Waals surface area contributed by atoms with Gasteiger partial charge in [-0.05, 0) is 34.4 Å². The van der Waals surface area contributed by atoms with Crippen molar-refractivity contribution in [3.8, 4) is 0 Å². The molecule has 3 nitrogen and oxygen atoms in total. The third-order valence-electron chi connectivity index (χ3n) is 2.98. The molecular formula is C14H11ClO3S. The fourth-order valence-corrected chi connectivity index (χ4v) is 2.87. The van der Waals surface area contributed by atoms with E-state index in [1.165, 1.54) is 6.07 Å². The molecule has 3 rings (SSSR count). The van der Waals surface area contributed by atoms with E-state index in [0.717, 1.165) is 16.2 Å². The van der Waals surface area contributed by atoms with Gasteiger partial charge in [0.2, 0.25) is 0 Å². The Hall–Kier alpha value is -1.62. The summed E-state index contributed by atoms with van der Waals surface area (Å²) in [5.41, 5.74) is 0. The maximum Gasteiger partial charge on any atom is 0.295 e. The van der Waals surface area contributed by atoms with Crippen molar-refractivity contribution in [3.63, 3.8) is 0 Å². The van der Waals surface area contributed by atoms with E-state index in [1.54, 1.807) is 12.1 Å². The molecule has 1 N–H and O–H groups in total. The Morgan fingerprint density at radius 2 is 1.37 bits per heavy atom. The van der Waals surface area contributed by atoms with Crippen LogP contribution in [-0.4, -0.2) is 13.0 Å². The first kappa shape index (κ1) is 13.8. The second-order valence-electron chi connectivity index (χ2n) is 4.15. The van der Waals surface area contributed by atoms with Crippen LogP contribution in [0.2, 0.25) is 0 Å². The largest absolute Gasteiger partial charge is 0.295 e. The van der Waals surface area contributed by atoms with Gasteiger partial charge >= 0.3 is 0 Å². The van der Waals surface area contributed by atoms with Gasteiger partial charge in [0.1, 0.15) is 4.90 Å². The fourth-order valence-electron chi connectivity index (χ4n) is 2.16. The number of halogens is 1. The molecule has 0 spiro atoms. The average molecular weight is 295 g/mol. The van der Waals surface area contributed by atoms with Gasteiger partial charge in [-0.15, -0.1) is 12.4 Å². The minimum absolute atomic E-state index is 0. The molecule has 0 bridgehead atoms. The summed E-state index contributed by atoms with van der Waals surface area (Å²) < 4.78 is 31.9. The summed E-state index contributed by atoms with van der Waals surface area (Å²) in [5.74, 6) is 0. The van der Waals surface area contributed by atoms with Crippen molar-refractivity contribution in [2.75, 3.05) is 0 Å². The first-order valence-corrected chi connectivity index (χ1v) is 6.89. The standard InChI is InChI=1S/C14H10O3S.ClH/c15-18(16,17)14-7-3-6-12-8-10-4-1-2-5-11(10)9-13(12)14;/h1-9H,(H,15,16,17);1H. The lowest BCUT2D eigenvalue weighted by Gasteiger charge is -2.05. The lowest BCUT2D eigenvalue weighted by atomic mass is 10.0. The highest BCUT2D eigenvalue weighted by Crippen LogP contribution is 2.27. The van der Waals surface area contributed by atoms with Crippen LogP contribution >= 0.6 is 12.4 Å². The van der Waals surface area contributed by atoms with E-state index >= 15 is 0 Å². The molecule has 0 radical (unpaired) electrons. The molecule has 0 saturated carbocycles. The van der Waals surface area contributed by atoms with Crippen molar-refractivity contribution in [3.05, 3.63) is 54.6 Å². The Morgan fingerprint density at radius 3 is 2.00 bits per heavy atom. The zero-order valence-electron chi connectivity index (χ0n) is 9.78. The molecule has 0 aromatic heterocycles. The normalized spacial score (nSPS) is 11.4. The average Bonchev–Trinajstić information content (AvgIpc) is 2.34. The minimum Gasteiger partial charge on any atom is -0.282 e. The molecule has 0 aliphatic rings. The Bertz CT molecular complexity index is 857. The smallest absolute Gasteiger partial charge is 0.282 e. The number of hydrogen-bond acceptors (Lipinski definition) is 2. The summed E-state index contributed by atoms with van der Waals surface area (Å²) in [6, 6.07) is 16.3. The summed E-state index contributed by atoms with van der Waals surface area (Å²) in [5, 5.41) is 3.32. The first-order valence-electron chi connectivity index (χ1n) is 5.45. The van der Waals surface area contributed by atoms with Crippen LogP contribution in [-0.2, 0) is 10.1 Å². The molecule has 0 fully saturated rings. The highest BCUT2D eigenvalue weighted by atomic mass is 35.5. The van der Waals surface area contributed by atoms with Crippen LogP contribution in [0.25, 0.3) is 21.5 Å². The molecule has 0 amide bonds. The van der Waals surface area contributed by atoms with E-state index in [0.29, 0.717) is 5.39 Å². The Labute approximate surface area is 117 Å². The maximum atomic E-state index is 11.3. The number of rotatable bonds is 1. The second kappa shape index (κ2) is 4.81. The quantitative estimate of drug-likeness (QED) is 0.550. The molecule has 0 saturated heterocycles. The third kappa shape index (κ3) is 2.42. The van der Waals surface area contributed by atoms with E-state index in [9.17, 15) is 13.0 Å². The molecule has 0 atom stereocenters. The fraction of sp³-hybridized carbons (Fsp3) is 0. The van der Waals surface area contributed by atoms with Gasteiger partial charge in [0.05, 0.1) is 0 Å². The molecule has 0 aliphatic carbocycles. The molecule has 0 heterocycles. The summed E-state index contributed by atoms with van der Waals surface area (Å²) in [7, 11) is -4.20. The van der Waals surface area contributed by atoms with Crippen LogP contribution in [0.5, 0.6) is 0 Å². The summed E-state index contributed by atoms with van der Waals surface area (Å²) in [4.78, 5) is -0.0502. The van der Waals surface area contributed by atoms with E-state index in [1.807, 2.05) is 36.4 Å². The van der Waals surface area contributed by atoms with Crippen LogP contribution in [0, 0.1) is 0 Å². The molecule has 0 aliphatic heterocycles. The van der Waals surface area contributed by atoms with E-state index < -0.39 is 10.1 Å². The van der Waals surface area contributed by atoms with Crippen LogP contribution in [0.3, 0.4) is 0 Å². The highest BCUT2D eigenvalue weighted by molar-refractivity contribution is 7.86. The molecule has 0 unspecified atom stereocenters. The van der Waals surface area contributed by atoms with Crippen molar-refractivity contribution in [2.45, 2.75) is 4.90 Å². The monoisotopic (exact) mass is 294 g/mol. The number of fused-ring (bicyclic) bond motifs is 2. The van der Waals surface area contributed by atoms with Crippen LogP contribution in [0.4, 0.5) is 0 Å². The van der Waals surface area contributed by atoms with Gasteiger partial charge in [0, 0.05) is 5.39 Å². The minimum atomic E-state index is -4.20. The molecule has 3 aromatic carbocycles. The highest BCUT2D eigenvalue weighted by Gasteiger charge is 2.13. The van der Waals surface area contributed by atoms with Crippen molar-refractivity contribution < 1.29 is 13.0 Å². The number of hydrogen-bond donors (Lipinski definition) is 1. The summed E-state index contributed by atoms with van der Waals surface area (Å²) >= 11 is 0. The molecule has 5 heteroatoms. The van der Waals surface area contributed by atoms with E-state index in [-0.39, 0.29) is 17.3 Å². The second-order valence-corrected chi connectivity index (χ2v) is 5.54. The van der Waals surface area contributed by atoms with Crippen molar-refractivity contribution in [1.29, 1.82) is 0 Å². The summed E-state index contributed by atoms with van der Waals surface area (Å²) in [6.07, 6.45) is 0. The molecule has 19 heavy (non-hydrogen) atoms.